The third-order valence-electron chi connectivity index (χ3n) is 3.40. The van der Waals surface area contributed by atoms with E-state index in [2.05, 4.69) is 34.3 Å². The second-order valence-electron chi connectivity index (χ2n) is 4.77. The lowest BCUT2D eigenvalue weighted by molar-refractivity contribution is 0.167. The number of hydrogen-bond donors (Lipinski definition) is 1. The van der Waals surface area contributed by atoms with Gasteiger partial charge >= 0.3 is 0 Å². The summed E-state index contributed by atoms with van der Waals surface area (Å²) in [5.74, 6) is 0.883. The molecule has 2 atom stereocenters. The van der Waals surface area contributed by atoms with E-state index in [4.69, 9.17) is 0 Å². The maximum atomic E-state index is 4.26. The van der Waals surface area contributed by atoms with Gasteiger partial charge in [-0.15, -0.1) is 0 Å². The van der Waals surface area contributed by atoms with Crippen LogP contribution in [0.5, 0.6) is 0 Å². The predicted octanol–water partition coefficient (Wildman–Crippen LogP) is 0.387. The zero-order chi connectivity index (χ0) is 11.5. The number of likely N-dealkylation sites (tertiary alicyclic amines) is 1. The fourth-order valence-electron chi connectivity index (χ4n) is 2.18. The Labute approximate surface area is 96.8 Å². The van der Waals surface area contributed by atoms with Gasteiger partial charge in [0.15, 0.2) is 5.82 Å². The molecule has 1 aliphatic heterocycles. The van der Waals surface area contributed by atoms with Crippen molar-refractivity contribution in [3.63, 3.8) is 0 Å². The van der Waals surface area contributed by atoms with E-state index in [-0.39, 0.29) is 0 Å². The Bertz CT molecular complexity index is 335. The molecular weight excluding hydrogens is 202 g/mol. The van der Waals surface area contributed by atoms with E-state index >= 15 is 0 Å². The largest absolute Gasteiger partial charge is 0.307 e. The summed E-state index contributed by atoms with van der Waals surface area (Å²) in [6.45, 7) is 4.24. The molecule has 0 saturated carbocycles. The van der Waals surface area contributed by atoms with Gasteiger partial charge in [0.25, 0.3) is 0 Å². The van der Waals surface area contributed by atoms with Crippen molar-refractivity contribution in [2.45, 2.75) is 38.4 Å². The van der Waals surface area contributed by atoms with Crippen LogP contribution in [0.2, 0.25) is 0 Å². The fourth-order valence-corrected chi connectivity index (χ4v) is 2.18. The van der Waals surface area contributed by atoms with Crippen LogP contribution in [-0.4, -0.2) is 45.3 Å². The summed E-state index contributed by atoms with van der Waals surface area (Å²) >= 11 is 0. The van der Waals surface area contributed by atoms with E-state index in [0.29, 0.717) is 12.1 Å². The molecule has 2 unspecified atom stereocenters. The molecule has 0 bridgehead atoms. The zero-order valence-corrected chi connectivity index (χ0v) is 10.3. The highest BCUT2D eigenvalue weighted by Gasteiger charge is 2.22. The van der Waals surface area contributed by atoms with E-state index in [9.17, 15) is 0 Å². The van der Waals surface area contributed by atoms with Gasteiger partial charge in [-0.2, -0.15) is 5.10 Å². The maximum Gasteiger partial charge on any atom is 0.164 e. The quantitative estimate of drug-likeness (QED) is 0.805. The molecule has 0 aromatic carbocycles. The first-order valence-electron chi connectivity index (χ1n) is 5.93. The molecule has 1 aliphatic rings. The lowest BCUT2D eigenvalue weighted by atomic mass is 9.99. The summed E-state index contributed by atoms with van der Waals surface area (Å²) in [5, 5.41) is 7.80. The lowest BCUT2D eigenvalue weighted by Crippen LogP contribution is -2.45. The number of nitrogens with one attached hydrogen (secondary N) is 1. The first kappa shape index (κ1) is 11.5. The summed E-state index contributed by atoms with van der Waals surface area (Å²) in [6.07, 6.45) is 4.17. The van der Waals surface area contributed by atoms with Gasteiger partial charge in [0.1, 0.15) is 6.33 Å². The Kier molecular flexibility index (Phi) is 3.56. The number of aryl methyl sites for hydroxylation is 1. The zero-order valence-electron chi connectivity index (χ0n) is 10.3. The van der Waals surface area contributed by atoms with Crippen LogP contribution in [0.25, 0.3) is 0 Å². The smallest absolute Gasteiger partial charge is 0.164 e. The Balaban J connectivity index is 1.78. The number of rotatable bonds is 3. The highest BCUT2D eigenvalue weighted by molar-refractivity contribution is 4.85. The number of piperidine rings is 1. The summed E-state index contributed by atoms with van der Waals surface area (Å²) in [7, 11) is 4.09. The molecule has 1 fully saturated rings. The number of hydrogen-bond acceptors (Lipinski definition) is 4. The van der Waals surface area contributed by atoms with E-state index < -0.39 is 0 Å². The fraction of sp³-hybridized carbons (Fsp3) is 0.818. The monoisotopic (exact) mass is 223 g/mol. The molecule has 1 N–H and O–H groups in total. The molecule has 5 heteroatoms. The Morgan fingerprint density at radius 3 is 2.94 bits per heavy atom. The molecule has 1 aromatic rings. The molecule has 0 aliphatic carbocycles. The second-order valence-corrected chi connectivity index (χ2v) is 4.77. The molecule has 90 valence electrons. The normalized spacial score (nSPS) is 27.2. The van der Waals surface area contributed by atoms with Crippen molar-refractivity contribution in [3.05, 3.63) is 12.2 Å². The predicted molar refractivity (Wildman–Crippen MR) is 63.0 cm³/mol. The van der Waals surface area contributed by atoms with Gasteiger partial charge in [-0.25, -0.2) is 4.98 Å². The van der Waals surface area contributed by atoms with Crippen molar-refractivity contribution < 1.29 is 0 Å². The molecule has 0 amide bonds. The third-order valence-corrected chi connectivity index (χ3v) is 3.40. The Hall–Kier alpha value is -0.940. The van der Waals surface area contributed by atoms with Crippen LogP contribution in [-0.2, 0) is 13.6 Å². The summed E-state index contributed by atoms with van der Waals surface area (Å²) < 4.78 is 1.74. The lowest BCUT2D eigenvalue weighted by Gasteiger charge is -2.35. The molecule has 2 rings (SSSR count). The van der Waals surface area contributed by atoms with E-state index in [1.807, 2.05) is 7.05 Å². The first-order chi connectivity index (χ1) is 7.65. The Morgan fingerprint density at radius 1 is 1.50 bits per heavy atom. The minimum atomic E-state index is 0.606. The standard InChI is InChI=1S/C11H21N5/c1-9-6-10(4-5-15(9)2)12-7-11-13-8-16(3)14-11/h8-10,12H,4-7H2,1-3H3. The average Bonchev–Trinajstić information content (AvgIpc) is 2.66. The maximum absolute atomic E-state index is 4.26. The third kappa shape index (κ3) is 2.80. The van der Waals surface area contributed by atoms with Gasteiger partial charge in [-0.05, 0) is 33.4 Å². The van der Waals surface area contributed by atoms with Crippen molar-refractivity contribution in [1.82, 2.24) is 25.0 Å². The number of aromatic nitrogens is 3. The van der Waals surface area contributed by atoms with Gasteiger partial charge in [0, 0.05) is 19.1 Å². The molecule has 0 spiro atoms. The van der Waals surface area contributed by atoms with Crippen molar-refractivity contribution in [3.8, 4) is 0 Å². The highest BCUT2D eigenvalue weighted by atomic mass is 15.3. The van der Waals surface area contributed by atoms with Crippen LogP contribution < -0.4 is 5.32 Å². The highest BCUT2D eigenvalue weighted by Crippen LogP contribution is 2.15. The molecule has 2 heterocycles. The Morgan fingerprint density at radius 2 is 2.31 bits per heavy atom. The van der Waals surface area contributed by atoms with Crippen LogP contribution in [0.3, 0.4) is 0 Å². The summed E-state index contributed by atoms with van der Waals surface area (Å²) in [6, 6.07) is 1.28. The minimum Gasteiger partial charge on any atom is -0.307 e. The molecule has 1 aromatic heterocycles. The molecule has 1 saturated heterocycles. The molecule has 16 heavy (non-hydrogen) atoms. The van der Waals surface area contributed by atoms with Crippen molar-refractivity contribution in [2.75, 3.05) is 13.6 Å². The van der Waals surface area contributed by atoms with Crippen molar-refractivity contribution in [2.24, 2.45) is 7.05 Å². The first-order valence-corrected chi connectivity index (χ1v) is 5.93. The van der Waals surface area contributed by atoms with Crippen LogP contribution >= 0.6 is 0 Å². The van der Waals surface area contributed by atoms with Crippen LogP contribution in [0.1, 0.15) is 25.6 Å². The van der Waals surface area contributed by atoms with Crippen LogP contribution in [0.15, 0.2) is 6.33 Å². The molecule has 5 nitrogen and oxygen atoms in total. The molecule has 0 radical (unpaired) electrons. The van der Waals surface area contributed by atoms with Crippen LogP contribution in [0, 0.1) is 0 Å². The molecular formula is C11H21N5. The number of nitrogens with zero attached hydrogens (tertiary/aromatic N) is 4. The van der Waals surface area contributed by atoms with E-state index in [1.165, 1.54) is 19.4 Å². The van der Waals surface area contributed by atoms with Gasteiger partial charge in [-0.3, -0.25) is 4.68 Å². The van der Waals surface area contributed by atoms with Gasteiger partial charge < -0.3 is 10.2 Å². The summed E-state index contributed by atoms with van der Waals surface area (Å²) in [4.78, 5) is 6.63. The average molecular weight is 223 g/mol. The van der Waals surface area contributed by atoms with Gasteiger partial charge in [-0.1, -0.05) is 0 Å². The van der Waals surface area contributed by atoms with Crippen LogP contribution in [0.4, 0.5) is 0 Å². The van der Waals surface area contributed by atoms with Crippen molar-refractivity contribution in [1.29, 1.82) is 0 Å². The SMILES string of the molecule is CC1CC(NCc2ncn(C)n2)CCN1C. The van der Waals surface area contributed by atoms with E-state index in [0.717, 1.165) is 12.4 Å². The second kappa shape index (κ2) is 4.93. The topological polar surface area (TPSA) is 46.0 Å². The minimum absolute atomic E-state index is 0.606. The van der Waals surface area contributed by atoms with Gasteiger partial charge in [0.2, 0.25) is 0 Å². The summed E-state index contributed by atoms with van der Waals surface area (Å²) in [5.41, 5.74) is 0. The van der Waals surface area contributed by atoms with Gasteiger partial charge in [0.05, 0.1) is 6.54 Å². The van der Waals surface area contributed by atoms with E-state index in [1.54, 1.807) is 11.0 Å². The van der Waals surface area contributed by atoms with Crippen molar-refractivity contribution >= 4 is 0 Å².